The van der Waals surface area contributed by atoms with Crippen LogP contribution in [0.3, 0.4) is 0 Å². The van der Waals surface area contributed by atoms with Crippen molar-refractivity contribution in [1.29, 1.82) is 0 Å². The lowest BCUT2D eigenvalue weighted by atomic mass is 10.6. The molecule has 0 atom stereocenters. The highest BCUT2D eigenvalue weighted by Crippen LogP contribution is 2.18. The highest BCUT2D eigenvalue weighted by atomic mass is 35.5. The Morgan fingerprint density at radius 1 is 1.33 bits per heavy atom. The zero-order valence-electron chi connectivity index (χ0n) is 4.03. The zero-order valence-corrected chi connectivity index (χ0v) is 5.54. The average Bonchev–Trinajstić information content (AvgIpc) is 1.83. The molecular formula is C4Cl2FN2. The van der Waals surface area contributed by atoms with Crippen molar-refractivity contribution >= 4 is 23.2 Å². The Morgan fingerprint density at radius 3 is 2.44 bits per heavy atom. The lowest BCUT2D eigenvalue weighted by Gasteiger charge is -1.90. The van der Waals surface area contributed by atoms with Crippen LogP contribution in [0.15, 0.2) is 0 Å². The molecule has 0 N–H and O–H groups in total. The minimum Gasteiger partial charge on any atom is -0.211 e. The Balaban J connectivity index is 3.25. The van der Waals surface area contributed by atoms with Crippen LogP contribution in [0.5, 0.6) is 0 Å². The molecule has 0 unspecified atom stereocenters. The first-order chi connectivity index (χ1) is 4.22. The molecule has 2 nitrogen and oxygen atoms in total. The van der Waals surface area contributed by atoms with Gasteiger partial charge in [0.25, 0.3) is 0 Å². The summed E-state index contributed by atoms with van der Waals surface area (Å²) in [5, 5.41) is -0.389. The zero-order chi connectivity index (χ0) is 6.85. The van der Waals surface area contributed by atoms with Gasteiger partial charge in [-0.1, -0.05) is 23.2 Å². The monoisotopic (exact) mass is 165 g/mol. The summed E-state index contributed by atoms with van der Waals surface area (Å²) in [7, 11) is 0. The number of hydrogen-bond donors (Lipinski definition) is 0. The number of aromatic nitrogens is 2. The van der Waals surface area contributed by atoms with E-state index in [0.29, 0.717) is 0 Å². The van der Waals surface area contributed by atoms with Gasteiger partial charge in [-0.25, -0.2) is 4.98 Å². The molecule has 0 aliphatic heterocycles. The lowest BCUT2D eigenvalue weighted by Crippen LogP contribution is -1.86. The summed E-state index contributed by atoms with van der Waals surface area (Å²) in [6.45, 7) is 0. The summed E-state index contributed by atoms with van der Waals surface area (Å²) < 4.78 is 12.2. The Labute approximate surface area is 60.6 Å². The van der Waals surface area contributed by atoms with E-state index >= 15 is 0 Å². The normalized spacial score (nSPS) is 9.67. The van der Waals surface area contributed by atoms with Gasteiger partial charge >= 0.3 is 0 Å². The minimum atomic E-state index is -0.850. The Morgan fingerprint density at radius 2 is 2.00 bits per heavy atom. The van der Waals surface area contributed by atoms with Crippen LogP contribution in [-0.2, 0) is 0 Å². The van der Waals surface area contributed by atoms with E-state index in [-0.39, 0.29) is 10.2 Å². The maximum atomic E-state index is 12.2. The maximum absolute atomic E-state index is 12.2. The van der Waals surface area contributed by atoms with E-state index in [9.17, 15) is 4.39 Å². The second-order valence-corrected chi connectivity index (χ2v) is 1.96. The molecule has 0 aliphatic carbocycles. The maximum Gasteiger partial charge on any atom is 0.236 e. The van der Waals surface area contributed by atoms with Gasteiger partial charge in [0, 0.05) is 0 Å². The van der Waals surface area contributed by atoms with Gasteiger partial charge in [-0.15, -0.1) is 0 Å². The van der Waals surface area contributed by atoms with Crippen LogP contribution in [0.2, 0.25) is 10.2 Å². The third kappa shape index (κ3) is 1.28. The van der Waals surface area contributed by atoms with E-state index < -0.39 is 5.95 Å². The van der Waals surface area contributed by atoms with Crippen LogP contribution in [0, 0.1) is 12.3 Å². The van der Waals surface area contributed by atoms with Gasteiger partial charge in [-0.05, 0) is 0 Å². The molecule has 0 fully saturated rings. The molecule has 0 amide bonds. The molecule has 1 rings (SSSR count). The summed E-state index contributed by atoms with van der Waals surface area (Å²) in [6, 6.07) is 0. The van der Waals surface area contributed by atoms with Crippen molar-refractivity contribution in [3.8, 4) is 0 Å². The first-order valence-corrected chi connectivity index (χ1v) is 2.72. The molecule has 0 aliphatic rings. The number of halogens is 3. The fourth-order valence-corrected chi connectivity index (χ4v) is 0.496. The molecular weight excluding hydrogens is 166 g/mol. The predicted molar refractivity (Wildman–Crippen MR) is 30.8 cm³/mol. The van der Waals surface area contributed by atoms with Crippen LogP contribution >= 0.6 is 23.2 Å². The van der Waals surface area contributed by atoms with Crippen LogP contribution in [0.1, 0.15) is 0 Å². The molecule has 0 bridgehead atoms. The van der Waals surface area contributed by atoms with E-state index in [2.05, 4.69) is 9.97 Å². The molecule has 1 radical (unpaired) electrons. The fourth-order valence-electron chi connectivity index (χ4n) is 0.296. The molecule has 5 heteroatoms. The molecule has 0 saturated carbocycles. The van der Waals surface area contributed by atoms with Crippen molar-refractivity contribution in [2.24, 2.45) is 0 Å². The first-order valence-electron chi connectivity index (χ1n) is 1.96. The Kier molecular flexibility index (Phi) is 1.83. The first kappa shape index (κ1) is 6.71. The van der Waals surface area contributed by atoms with Crippen LogP contribution in [-0.4, -0.2) is 9.97 Å². The molecule has 1 aromatic heterocycles. The standard InChI is InChI=1S/C4Cl2FN2/c5-2-3(6)8-1-9-4(2)7. The Bertz CT molecular complexity index is 208. The summed E-state index contributed by atoms with van der Waals surface area (Å²) in [6.07, 6.45) is 1.98. The van der Waals surface area contributed by atoms with Crippen molar-refractivity contribution in [3.63, 3.8) is 0 Å². The van der Waals surface area contributed by atoms with Crippen molar-refractivity contribution < 1.29 is 4.39 Å². The van der Waals surface area contributed by atoms with Gasteiger partial charge in [-0.2, -0.15) is 9.37 Å². The number of rotatable bonds is 0. The van der Waals surface area contributed by atoms with Gasteiger partial charge < -0.3 is 0 Å². The number of nitrogens with zero attached hydrogens (tertiary/aromatic N) is 2. The van der Waals surface area contributed by atoms with Crippen LogP contribution in [0.25, 0.3) is 0 Å². The van der Waals surface area contributed by atoms with Gasteiger partial charge in [-0.3, -0.25) is 0 Å². The number of hydrogen-bond acceptors (Lipinski definition) is 2. The van der Waals surface area contributed by atoms with E-state index in [1.165, 1.54) is 0 Å². The van der Waals surface area contributed by atoms with Crippen molar-refractivity contribution in [1.82, 2.24) is 9.97 Å². The average molecular weight is 166 g/mol. The molecule has 1 heterocycles. The summed E-state index contributed by atoms with van der Waals surface area (Å²) >= 11 is 10.5. The minimum absolute atomic E-state index is 0.121. The van der Waals surface area contributed by atoms with Gasteiger partial charge in [0.1, 0.15) is 5.02 Å². The second kappa shape index (κ2) is 2.45. The van der Waals surface area contributed by atoms with Gasteiger partial charge in [0.05, 0.1) is 0 Å². The summed E-state index contributed by atoms with van der Waals surface area (Å²) in [5.41, 5.74) is 0. The molecule has 0 saturated heterocycles. The largest absolute Gasteiger partial charge is 0.236 e. The molecule has 1 aromatic rings. The molecule has 0 aromatic carbocycles. The van der Waals surface area contributed by atoms with Crippen molar-refractivity contribution in [2.45, 2.75) is 0 Å². The summed E-state index contributed by atoms with van der Waals surface area (Å²) in [4.78, 5) is 6.32. The predicted octanol–water partition coefficient (Wildman–Crippen LogP) is 1.72. The van der Waals surface area contributed by atoms with Crippen LogP contribution < -0.4 is 0 Å². The molecule has 47 valence electrons. The van der Waals surface area contributed by atoms with E-state index in [1.54, 1.807) is 0 Å². The van der Waals surface area contributed by atoms with Crippen molar-refractivity contribution in [3.05, 3.63) is 22.5 Å². The lowest BCUT2D eigenvalue weighted by molar-refractivity contribution is 0.579. The van der Waals surface area contributed by atoms with Gasteiger partial charge in [0.2, 0.25) is 12.3 Å². The van der Waals surface area contributed by atoms with E-state index in [0.717, 1.165) is 0 Å². The summed E-state index contributed by atoms with van der Waals surface area (Å²) in [5.74, 6) is -0.850. The molecule has 0 spiro atoms. The van der Waals surface area contributed by atoms with Crippen LogP contribution in [0.4, 0.5) is 4.39 Å². The third-order valence-corrected chi connectivity index (χ3v) is 1.36. The fraction of sp³-hybridized carbons (Fsp3) is 0. The van der Waals surface area contributed by atoms with E-state index in [1.807, 2.05) is 6.33 Å². The quantitative estimate of drug-likeness (QED) is 0.548. The third-order valence-electron chi connectivity index (χ3n) is 0.659. The topological polar surface area (TPSA) is 25.8 Å². The smallest absolute Gasteiger partial charge is 0.211 e. The molecule has 9 heavy (non-hydrogen) atoms. The van der Waals surface area contributed by atoms with Gasteiger partial charge in [0.15, 0.2) is 5.15 Å². The SMILES string of the molecule is Fc1n[c]nc(Cl)c1Cl. The Hall–Kier alpha value is -0.410. The highest BCUT2D eigenvalue weighted by molar-refractivity contribution is 6.41. The van der Waals surface area contributed by atoms with E-state index in [4.69, 9.17) is 23.2 Å². The highest BCUT2D eigenvalue weighted by Gasteiger charge is 2.04. The second-order valence-electron chi connectivity index (χ2n) is 1.22. The van der Waals surface area contributed by atoms with Crippen molar-refractivity contribution in [2.75, 3.05) is 0 Å².